The molecule has 0 saturated carbocycles. The molecule has 100 valence electrons. The monoisotopic (exact) mass is 276 g/mol. The first-order valence-corrected chi connectivity index (χ1v) is 7.72. The van der Waals surface area contributed by atoms with E-state index in [2.05, 4.69) is 72.8 Å². The van der Waals surface area contributed by atoms with Crippen molar-refractivity contribution in [2.45, 2.75) is 0 Å². The predicted molar refractivity (Wildman–Crippen MR) is 95.5 cm³/mol. The summed E-state index contributed by atoms with van der Waals surface area (Å²) in [4.78, 5) is 0. The van der Waals surface area contributed by atoms with Gasteiger partial charge in [-0.2, -0.15) is 0 Å². The van der Waals surface area contributed by atoms with Crippen molar-refractivity contribution in [3.05, 3.63) is 72.8 Å². The Bertz CT molecular complexity index is 1260. The summed E-state index contributed by atoms with van der Waals surface area (Å²) in [6.07, 6.45) is 0. The second-order valence-electron chi connectivity index (χ2n) is 6.20. The van der Waals surface area contributed by atoms with Gasteiger partial charge in [0.1, 0.15) is 0 Å². The number of fused-ring (bicyclic) bond motifs is 3. The summed E-state index contributed by atoms with van der Waals surface area (Å²) in [6, 6.07) is 26.8. The van der Waals surface area contributed by atoms with Crippen molar-refractivity contribution in [2.75, 3.05) is 0 Å². The Balaban J connectivity index is 2.09. The molecule has 0 N–H and O–H groups in total. The van der Waals surface area contributed by atoms with Crippen LogP contribution < -0.4 is 0 Å². The van der Waals surface area contributed by atoms with Gasteiger partial charge in [0.15, 0.2) is 0 Å². The number of hydrogen-bond donors (Lipinski definition) is 0. The van der Waals surface area contributed by atoms with Gasteiger partial charge >= 0.3 is 0 Å². The molecular formula is C22H12. The third-order valence-corrected chi connectivity index (χ3v) is 5.12. The molecule has 0 saturated heterocycles. The van der Waals surface area contributed by atoms with Gasteiger partial charge in [0, 0.05) is 0 Å². The van der Waals surface area contributed by atoms with Crippen LogP contribution in [-0.2, 0) is 0 Å². The molecule has 0 aromatic heterocycles. The Kier molecular flexibility index (Phi) is 1.71. The normalized spacial score (nSPS) is 12.5. The Morgan fingerprint density at radius 1 is 0.455 bits per heavy atom. The summed E-state index contributed by atoms with van der Waals surface area (Å²) in [5, 5.41) is 11.0. The molecule has 0 amide bonds. The lowest BCUT2D eigenvalue weighted by Gasteiger charge is -2.08. The molecule has 0 heterocycles. The van der Waals surface area contributed by atoms with Gasteiger partial charge < -0.3 is 0 Å². The molecule has 5 aromatic rings. The molecule has 0 radical (unpaired) electrons. The van der Waals surface area contributed by atoms with E-state index in [0.29, 0.717) is 0 Å². The summed E-state index contributed by atoms with van der Waals surface area (Å²) in [5.74, 6) is 0. The molecular weight excluding hydrogens is 264 g/mol. The highest BCUT2D eigenvalue weighted by atomic mass is 14.2. The molecule has 1 aliphatic rings. The van der Waals surface area contributed by atoms with E-state index in [1.165, 1.54) is 54.2 Å². The van der Waals surface area contributed by atoms with Crippen LogP contribution in [-0.4, -0.2) is 0 Å². The SMILES string of the molecule is c1ccc2c3c4c(ccc5ccc6cccc-3c6c54)cc2c1. The molecule has 0 aliphatic heterocycles. The van der Waals surface area contributed by atoms with E-state index in [1.807, 2.05) is 0 Å². The molecule has 0 spiro atoms. The molecule has 1 aliphatic carbocycles. The highest BCUT2D eigenvalue weighted by Gasteiger charge is 2.21. The predicted octanol–water partition coefficient (Wildman–Crippen LogP) is 6.28. The van der Waals surface area contributed by atoms with Crippen LogP contribution in [0.5, 0.6) is 0 Å². The fourth-order valence-corrected chi connectivity index (χ4v) is 4.24. The largest absolute Gasteiger partial charge is 0.0616 e. The highest BCUT2D eigenvalue weighted by Crippen LogP contribution is 2.50. The summed E-state index contributed by atoms with van der Waals surface area (Å²) in [7, 11) is 0. The van der Waals surface area contributed by atoms with Crippen molar-refractivity contribution in [3.63, 3.8) is 0 Å². The smallest absolute Gasteiger partial charge is 0.00137 e. The molecule has 5 aromatic carbocycles. The van der Waals surface area contributed by atoms with Crippen LogP contribution in [0.15, 0.2) is 72.8 Å². The second kappa shape index (κ2) is 3.48. The maximum Gasteiger partial charge on any atom is -0.00137 e. The average molecular weight is 276 g/mol. The average Bonchev–Trinajstić information content (AvgIpc) is 2.93. The van der Waals surface area contributed by atoms with Crippen molar-refractivity contribution in [3.8, 4) is 11.1 Å². The standard InChI is InChI=1S/C22H12/c1-2-6-17-15(4-1)12-16-11-10-14-9-8-13-5-3-7-18-19(13)20(14)21(16)22(17)18/h1-12H. The fourth-order valence-electron chi connectivity index (χ4n) is 4.24. The Morgan fingerprint density at radius 3 is 2.09 bits per heavy atom. The Labute approximate surface area is 127 Å². The van der Waals surface area contributed by atoms with E-state index in [9.17, 15) is 0 Å². The fraction of sp³-hybridized carbons (Fsp3) is 0. The van der Waals surface area contributed by atoms with Crippen molar-refractivity contribution >= 4 is 43.1 Å². The number of rotatable bonds is 0. The molecule has 6 rings (SSSR count). The van der Waals surface area contributed by atoms with Gasteiger partial charge in [-0.15, -0.1) is 0 Å². The quantitative estimate of drug-likeness (QED) is 0.226. The third-order valence-electron chi connectivity index (χ3n) is 5.12. The third kappa shape index (κ3) is 1.09. The zero-order valence-electron chi connectivity index (χ0n) is 11.9. The van der Waals surface area contributed by atoms with Crippen LogP contribution in [0.3, 0.4) is 0 Å². The van der Waals surface area contributed by atoms with Gasteiger partial charge in [-0.1, -0.05) is 66.7 Å². The van der Waals surface area contributed by atoms with Crippen LogP contribution in [0.25, 0.3) is 54.2 Å². The van der Waals surface area contributed by atoms with Crippen LogP contribution in [0.2, 0.25) is 0 Å². The van der Waals surface area contributed by atoms with E-state index < -0.39 is 0 Å². The molecule has 0 fully saturated rings. The van der Waals surface area contributed by atoms with Crippen LogP contribution in [0.4, 0.5) is 0 Å². The van der Waals surface area contributed by atoms with E-state index in [4.69, 9.17) is 0 Å². The number of hydrogen-bond acceptors (Lipinski definition) is 0. The Morgan fingerprint density at radius 2 is 1.18 bits per heavy atom. The lowest BCUT2D eigenvalue weighted by Crippen LogP contribution is -1.81. The first-order valence-electron chi connectivity index (χ1n) is 7.72. The number of benzene rings is 5. The zero-order chi connectivity index (χ0) is 14.3. The molecule has 0 nitrogen and oxygen atoms in total. The maximum absolute atomic E-state index is 2.33. The van der Waals surface area contributed by atoms with Gasteiger partial charge in [0.25, 0.3) is 0 Å². The topological polar surface area (TPSA) is 0 Å². The maximum atomic E-state index is 2.33. The van der Waals surface area contributed by atoms with Crippen LogP contribution in [0.1, 0.15) is 0 Å². The Hall–Kier alpha value is -2.86. The van der Waals surface area contributed by atoms with Gasteiger partial charge in [-0.05, 0) is 60.3 Å². The molecule has 0 heteroatoms. The lowest BCUT2D eigenvalue weighted by atomic mass is 9.95. The van der Waals surface area contributed by atoms with Gasteiger partial charge in [0.2, 0.25) is 0 Å². The van der Waals surface area contributed by atoms with Crippen molar-refractivity contribution in [1.29, 1.82) is 0 Å². The first-order chi connectivity index (χ1) is 10.9. The summed E-state index contributed by atoms with van der Waals surface area (Å²) in [5.41, 5.74) is 2.82. The first kappa shape index (κ1) is 10.8. The van der Waals surface area contributed by atoms with Crippen molar-refractivity contribution in [2.24, 2.45) is 0 Å². The van der Waals surface area contributed by atoms with Crippen molar-refractivity contribution in [1.82, 2.24) is 0 Å². The summed E-state index contributed by atoms with van der Waals surface area (Å²) in [6.45, 7) is 0. The molecule has 0 atom stereocenters. The van der Waals surface area contributed by atoms with Crippen LogP contribution >= 0.6 is 0 Å². The minimum atomic E-state index is 1.33. The second-order valence-corrected chi connectivity index (χ2v) is 6.20. The summed E-state index contributed by atoms with van der Waals surface area (Å²) < 4.78 is 0. The van der Waals surface area contributed by atoms with Gasteiger partial charge in [-0.3, -0.25) is 0 Å². The van der Waals surface area contributed by atoms with Crippen LogP contribution in [0, 0.1) is 0 Å². The van der Waals surface area contributed by atoms with E-state index in [-0.39, 0.29) is 0 Å². The van der Waals surface area contributed by atoms with E-state index >= 15 is 0 Å². The minimum absolute atomic E-state index is 1.33. The lowest BCUT2D eigenvalue weighted by molar-refractivity contribution is 1.77. The van der Waals surface area contributed by atoms with E-state index in [0.717, 1.165) is 0 Å². The molecule has 0 unspecified atom stereocenters. The van der Waals surface area contributed by atoms with Gasteiger partial charge in [-0.25, -0.2) is 0 Å². The summed E-state index contributed by atoms with van der Waals surface area (Å²) >= 11 is 0. The molecule has 22 heavy (non-hydrogen) atoms. The van der Waals surface area contributed by atoms with Gasteiger partial charge in [0.05, 0.1) is 0 Å². The minimum Gasteiger partial charge on any atom is -0.0616 e. The molecule has 0 bridgehead atoms. The van der Waals surface area contributed by atoms with E-state index in [1.54, 1.807) is 0 Å². The highest BCUT2D eigenvalue weighted by molar-refractivity contribution is 6.36. The van der Waals surface area contributed by atoms with Crippen molar-refractivity contribution < 1.29 is 0 Å². The zero-order valence-corrected chi connectivity index (χ0v) is 11.9.